The summed E-state index contributed by atoms with van der Waals surface area (Å²) in [6.07, 6.45) is 10.0. The van der Waals surface area contributed by atoms with Gasteiger partial charge in [0, 0.05) is 25.4 Å². The van der Waals surface area contributed by atoms with Gasteiger partial charge in [0.15, 0.2) is 0 Å². The lowest BCUT2D eigenvalue weighted by molar-refractivity contribution is 0.502. The molecule has 80 valence electrons. The van der Waals surface area contributed by atoms with Crippen LogP contribution in [0.5, 0.6) is 0 Å². The van der Waals surface area contributed by atoms with Crippen molar-refractivity contribution in [2.24, 2.45) is 0 Å². The van der Waals surface area contributed by atoms with Crippen molar-refractivity contribution in [2.45, 2.75) is 12.8 Å². The number of halogens is 1. The number of nitrogens with zero attached hydrogens (tertiary/aromatic N) is 1. The lowest BCUT2D eigenvalue weighted by atomic mass is 10.1. The van der Waals surface area contributed by atoms with Crippen LogP contribution < -0.4 is 0 Å². The molecule has 0 aromatic carbocycles. The monoisotopic (exact) mass is 205 g/mol. The first-order valence-corrected chi connectivity index (χ1v) is 4.91. The van der Waals surface area contributed by atoms with Crippen LogP contribution in [0.15, 0.2) is 60.8 Å². The number of rotatable bonds is 4. The first kappa shape index (κ1) is 11.5. The highest BCUT2D eigenvalue weighted by Gasteiger charge is 2.07. The second kappa shape index (κ2) is 5.35. The van der Waals surface area contributed by atoms with Gasteiger partial charge in [0.1, 0.15) is 5.83 Å². The number of allylic oxidation sites excluding steroid dienone is 7. The molecular formula is C13H16FN. The Hall–Kier alpha value is -1.57. The molecule has 0 heterocycles. The van der Waals surface area contributed by atoms with Crippen LogP contribution in [0.4, 0.5) is 4.39 Å². The van der Waals surface area contributed by atoms with Crippen molar-refractivity contribution >= 4 is 0 Å². The molecule has 2 heteroatoms. The molecule has 0 bridgehead atoms. The van der Waals surface area contributed by atoms with E-state index in [0.29, 0.717) is 6.42 Å². The maximum atomic E-state index is 12.7. The number of hydrogen-bond acceptors (Lipinski definition) is 1. The summed E-state index contributed by atoms with van der Waals surface area (Å²) in [5.41, 5.74) is 1.96. The van der Waals surface area contributed by atoms with Crippen molar-refractivity contribution in [1.82, 2.24) is 4.90 Å². The topological polar surface area (TPSA) is 3.24 Å². The Morgan fingerprint density at radius 1 is 1.47 bits per heavy atom. The molecule has 15 heavy (non-hydrogen) atoms. The molecular weight excluding hydrogens is 189 g/mol. The summed E-state index contributed by atoms with van der Waals surface area (Å²) in [7, 11) is 1.94. The molecule has 0 aliphatic heterocycles. The van der Waals surface area contributed by atoms with Gasteiger partial charge in [0.25, 0.3) is 0 Å². The van der Waals surface area contributed by atoms with Gasteiger partial charge in [0.2, 0.25) is 0 Å². The highest BCUT2D eigenvalue weighted by Crippen LogP contribution is 2.21. The average Bonchev–Trinajstić information content (AvgIpc) is 2.26. The summed E-state index contributed by atoms with van der Waals surface area (Å²) in [6, 6.07) is 0. The Labute approximate surface area is 90.6 Å². The van der Waals surface area contributed by atoms with Crippen LogP contribution in [-0.2, 0) is 0 Å². The minimum Gasteiger partial charge on any atom is -0.354 e. The fourth-order valence-electron chi connectivity index (χ4n) is 1.27. The highest BCUT2D eigenvalue weighted by atomic mass is 19.1. The summed E-state index contributed by atoms with van der Waals surface area (Å²) >= 11 is 0. The molecule has 1 nitrogen and oxygen atoms in total. The van der Waals surface area contributed by atoms with E-state index in [0.717, 1.165) is 17.7 Å². The van der Waals surface area contributed by atoms with Crippen molar-refractivity contribution in [3.05, 3.63) is 60.8 Å². The fraction of sp³-hybridized carbons (Fsp3) is 0.231. The van der Waals surface area contributed by atoms with Crippen LogP contribution in [0.2, 0.25) is 0 Å². The second-order valence-corrected chi connectivity index (χ2v) is 3.48. The van der Waals surface area contributed by atoms with E-state index in [4.69, 9.17) is 0 Å². The van der Waals surface area contributed by atoms with Gasteiger partial charge in [-0.2, -0.15) is 0 Å². The van der Waals surface area contributed by atoms with Gasteiger partial charge in [-0.1, -0.05) is 19.2 Å². The van der Waals surface area contributed by atoms with Crippen LogP contribution >= 0.6 is 0 Å². The van der Waals surface area contributed by atoms with Gasteiger partial charge in [-0.05, 0) is 30.2 Å². The van der Waals surface area contributed by atoms with Crippen LogP contribution in [-0.4, -0.2) is 11.9 Å². The Bertz CT molecular complexity index is 348. The van der Waals surface area contributed by atoms with E-state index in [1.807, 2.05) is 24.2 Å². The van der Waals surface area contributed by atoms with Crippen molar-refractivity contribution < 1.29 is 4.39 Å². The summed E-state index contributed by atoms with van der Waals surface area (Å²) in [4.78, 5) is 1.97. The van der Waals surface area contributed by atoms with Crippen LogP contribution in [0.1, 0.15) is 12.8 Å². The maximum Gasteiger partial charge on any atom is 0.100 e. The predicted molar refractivity (Wildman–Crippen MR) is 62.7 cm³/mol. The standard InChI is InChI=1S/C13H16FN/c1-4-11(2)9-10-15(3)13-7-5-12(14)6-8-13/h4-5,7,9-10H,1-2,6,8H2,3H3. The highest BCUT2D eigenvalue weighted by molar-refractivity contribution is 5.27. The van der Waals surface area contributed by atoms with Gasteiger partial charge in [0.05, 0.1) is 0 Å². The van der Waals surface area contributed by atoms with Crippen molar-refractivity contribution in [2.75, 3.05) is 7.05 Å². The molecule has 1 rings (SSSR count). The van der Waals surface area contributed by atoms with Gasteiger partial charge >= 0.3 is 0 Å². The SMILES string of the molecule is C=CC(=C)C=CN(C)C1=CC=C(F)CC1. The van der Waals surface area contributed by atoms with Crippen LogP contribution in [0.25, 0.3) is 0 Å². The first-order chi connectivity index (χ1) is 7.13. The van der Waals surface area contributed by atoms with E-state index >= 15 is 0 Å². The molecule has 0 saturated heterocycles. The van der Waals surface area contributed by atoms with Gasteiger partial charge in [-0.3, -0.25) is 0 Å². The molecule has 0 unspecified atom stereocenters. The molecule has 0 radical (unpaired) electrons. The van der Waals surface area contributed by atoms with Gasteiger partial charge in [-0.15, -0.1) is 0 Å². The Morgan fingerprint density at radius 2 is 2.20 bits per heavy atom. The second-order valence-electron chi connectivity index (χ2n) is 3.48. The van der Waals surface area contributed by atoms with E-state index in [1.54, 1.807) is 12.2 Å². The van der Waals surface area contributed by atoms with E-state index in [9.17, 15) is 4.39 Å². The van der Waals surface area contributed by atoms with Gasteiger partial charge in [-0.25, -0.2) is 4.39 Å². The third kappa shape index (κ3) is 3.58. The minimum absolute atomic E-state index is 0.0494. The first-order valence-electron chi connectivity index (χ1n) is 4.91. The average molecular weight is 205 g/mol. The molecule has 1 aliphatic rings. The molecule has 0 atom stereocenters. The molecule has 0 aromatic heterocycles. The van der Waals surface area contributed by atoms with Crippen LogP contribution in [0.3, 0.4) is 0 Å². The molecule has 0 N–H and O–H groups in total. The molecule has 0 fully saturated rings. The predicted octanol–water partition coefficient (Wildman–Crippen LogP) is 3.71. The largest absolute Gasteiger partial charge is 0.354 e. The fourth-order valence-corrected chi connectivity index (χ4v) is 1.27. The smallest absolute Gasteiger partial charge is 0.100 e. The van der Waals surface area contributed by atoms with E-state index in [-0.39, 0.29) is 5.83 Å². The van der Waals surface area contributed by atoms with Crippen molar-refractivity contribution in [1.29, 1.82) is 0 Å². The van der Waals surface area contributed by atoms with Crippen molar-refractivity contribution in [3.8, 4) is 0 Å². The Kier molecular flexibility index (Phi) is 4.10. The minimum atomic E-state index is -0.0494. The third-order valence-corrected chi connectivity index (χ3v) is 2.30. The van der Waals surface area contributed by atoms with E-state index in [2.05, 4.69) is 13.2 Å². The van der Waals surface area contributed by atoms with E-state index in [1.165, 1.54) is 6.08 Å². The Morgan fingerprint density at radius 3 is 2.73 bits per heavy atom. The zero-order valence-corrected chi connectivity index (χ0v) is 9.04. The Balaban J connectivity index is 2.62. The van der Waals surface area contributed by atoms with Gasteiger partial charge < -0.3 is 4.90 Å². The molecule has 0 saturated carbocycles. The third-order valence-electron chi connectivity index (χ3n) is 2.30. The van der Waals surface area contributed by atoms with Crippen LogP contribution in [0, 0.1) is 0 Å². The molecule has 1 aliphatic carbocycles. The maximum absolute atomic E-state index is 12.7. The summed E-state index contributed by atoms with van der Waals surface area (Å²) in [5.74, 6) is -0.0494. The molecule has 0 amide bonds. The summed E-state index contributed by atoms with van der Waals surface area (Å²) in [6.45, 7) is 7.40. The zero-order chi connectivity index (χ0) is 11.3. The summed E-state index contributed by atoms with van der Waals surface area (Å²) in [5, 5.41) is 0. The zero-order valence-electron chi connectivity index (χ0n) is 9.04. The molecule has 0 spiro atoms. The lowest BCUT2D eigenvalue weighted by Crippen LogP contribution is -2.11. The lowest BCUT2D eigenvalue weighted by Gasteiger charge is -2.20. The quantitative estimate of drug-likeness (QED) is 0.632. The molecule has 0 aromatic rings. The van der Waals surface area contributed by atoms with Crippen molar-refractivity contribution in [3.63, 3.8) is 0 Å². The van der Waals surface area contributed by atoms with E-state index < -0.39 is 0 Å². The number of hydrogen-bond donors (Lipinski definition) is 0. The summed E-state index contributed by atoms with van der Waals surface area (Å²) < 4.78 is 12.7. The normalized spacial score (nSPS) is 15.9.